The summed E-state index contributed by atoms with van der Waals surface area (Å²) in [5.41, 5.74) is 1.80. The van der Waals surface area contributed by atoms with Crippen LogP contribution in [0, 0.1) is 6.92 Å². The summed E-state index contributed by atoms with van der Waals surface area (Å²) < 4.78 is 5.82. The maximum atomic E-state index is 5.96. The summed E-state index contributed by atoms with van der Waals surface area (Å²) in [6, 6.07) is 17.4. The fourth-order valence-corrected chi connectivity index (χ4v) is 2.45. The smallest absolute Gasteiger partial charge is 0.172 e. The first-order valence-electron chi connectivity index (χ1n) is 7.44. The van der Waals surface area contributed by atoms with E-state index < -0.39 is 0 Å². The number of anilines is 1. The molecular weight excluding hydrogens is 342 g/mol. The molecule has 0 unspecified atom stereocenters. The van der Waals surface area contributed by atoms with Crippen molar-refractivity contribution in [3.05, 3.63) is 71.1 Å². The molecule has 0 spiro atoms. The van der Waals surface area contributed by atoms with Crippen molar-refractivity contribution in [1.29, 1.82) is 0 Å². The molecule has 3 rings (SSSR count). The van der Waals surface area contributed by atoms with Crippen LogP contribution in [0.2, 0.25) is 5.02 Å². The number of rotatable bonds is 4. The van der Waals surface area contributed by atoms with Gasteiger partial charge in [-0.05, 0) is 43.4 Å². The third kappa shape index (κ3) is 4.13. The molecule has 0 saturated heterocycles. The Kier molecular flexibility index (Phi) is 5.13. The van der Waals surface area contributed by atoms with E-state index in [1.165, 1.54) is 0 Å². The first-order chi connectivity index (χ1) is 11.6. The molecule has 3 aromatic rings. The quantitative estimate of drug-likeness (QED) is 0.657. The average molecular weight is 358 g/mol. The van der Waals surface area contributed by atoms with Gasteiger partial charge in [-0.1, -0.05) is 41.9 Å². The second kappa shape index (κ2) is 7.47. The lowest BCUT2D eigenvalue weighted by atomic mass is 10.2. The van der Waals surface area contributed by atoms with Gasteiger partial charge in [0.05, 0.1) is 17.3 Å². The second-order valence-corrected chi connectivity index (χ2v) is 6.02. The molecule has 0 atom stereocenters. The van der Waals surface area contributed by atoms with E-state index >= 15 is 0 Å². The minimum absolute atomic E-state index is 0.474. The molecule has 4 nitrogen and oxygen atoms in total. The second-order valence-electron chi connectivity index (χ2n) is 5.20. The minimum atomic E-state index is 0.474. The van der Waals surface area contributed by atoms with E-state index in [0.29, 0.717) is 22.5 Å². The van der Waals surface area contributed by atoms with Crippen molar-refractivity contribution >= 4 is 34.7 Å². The van der Waals surface area contributed by atoms with Crippen molar-refractivity contribution in [2.45, 2.75) is 13.5 Å². The average Bonchev–Trinajstić information content (AvgIpc) is 3.06. The van der Waals surface area contributed by atoms with Crippen LogP contribution in [-0.2, 0) is 6.54 Å². The van der Waals surface area contributed by atoms with Crippen molar-refractivity contribution in [2.24, 2.45) is 0 Å². The number of aryl methyl sites for hydroxylation is 1. The van der Waals surface area contributed by atoms with Gasteiger partial charge in [-0.25, -0.2) is 4.98 Å². The Labute approximate surface area is 150 Å². The molecule has 0 aliphatic carbocycles. The molecule has 0 bridgehead atoms. The van der Waals surface area contributed by atoms with Crippen LogP contribution in [0.25, 0.3) is 11.3 Å². The molecule has 2 aromatic heterocycles. The number of aromatic nitrogens is 1. The van der Waals surface area contributed by atoms with Crippen LogP contribution < -0.4 is 10.6 Å². The largest absolute Gasteiger partial charge is 0.459 e. The summed E-state index contributed by atoms with van der Waals surface area (Å²) in [5, 5.41) is 7.23. The van der Waals surface area contributed by atoms with Gasteiger partial charge in [-0.15, -0.1) is 0 Å². The Morgan fingerprint density at radius 3 is 2.67 bits per heavy atom. The number of hydrogen-bond donors (Lipinski definition) is 2. The van der Waals surface area contributed by atoms with Gasteiger partial charge in [0.2, 0.25) is 0 Å². The van der Waals surface area contributed by atoms with Crippen LogP contribution in [-0.4, -0.2) is 10.1 Å². The van der Waals surface area contributed by atoms with Crippen LogP contribution in [0.1, 0.15) is 11.5 Å². The zero-order valence-corrected chi connectivity index (χ0v) is 14.6. The predicted octanol–water partition coefficient (Wildman–Crippen LogP) is 4.79. The predicted molar refractivity (Wildman–Crippen MR) is 101 cm³/mol. The van der Waals surface area contributed by atoms with Gasteiger partial charge in [0.25, 0.3) is 0 Å². The standard InChI is InChI=1S/C18H16ClN3OS/c1-12-15(19)8-10-17(21-12)22-18(24)20-11-14-7-9-16(23-14)13-5-3-2-4-6-13/h2-10H,11H2,1H3,(H2,20,21,22,24). The van der Waals surface area contributed by atoms with E-state index in [-0.39, 0.29) is 0 Å². The van der Waals surface area contributed by atoms with Crippen molar-refractivity contribution in [3.63, 3.8) is 0 Å². The van der Waals surface area contributed by atoms with E-state index in [1.54, 1.807) is 12.1 Å². The highest BCUT2D eigenvalue weighted by atomic mass is 35.5. The molecule has 6 heteroatoms. The van der Waals surface area contributed by atoms with Gasteiger partial charge in [-0.3, -0.25) is 0 Å². The van der Waals surface area contributed by atoms with Crippen molar-refractivity contribution in [3.8, 4) is 11.3 Å². The van der Waals surface area contributed by atoms with Gasteiger partial charge >= 0.3 is 0 Å². The Hall–Kier alpha value is -2.37. The molecule has 0 fully saturated rings. The van der Waals surface area contributed by atoms with Crippen LogP contribution in [0.4, 0.5) is 5.82 Å². The first kappa shape index (κ1) is 16.5. The highest BCUT2D eigenvalue weighted by molar-refractivity contribution is 7.80. The van der Waals surface area contributed by atoms with Gasteiger partial charge in [0, 0.05) is 5.56 Å². The Morgan fingerprint density at radius 1 is 1.12 bits per heavy atom. The van der Waals surface area contributed by atoms with Crippen molar-refractivity contribution < 1.29 is 4.42 Å². The van der Waals surface area contributed by atoms with Crippen LogP contribution >= 0.6 is 23.8 Å². The number of halogens is 1. The molecule has 0 aliphatic rings. The Bertz CT molecular complexity index is 848. The lowest BCUT2D eigenvalue weighted by molar-refractivity contribution is 0.516. The molecule has 24 heavy (non-hydrogen) atoms. The lowest BCUT2D eigenvalue weighted by Gasteiger charge is -2.09. The Morgan fingerprint density at radius 2 is 1.92 bits per heavy atom. The number of hydrogen-bond acceptors (Lipinski definition) is 3. The van der Waals surface area contributed by atoms with E-state index in [9.17, 15) is 0 Å². The summed E-state index contributed by atoms with van der Waals surface area (Å²) in [6.45, 7) is 2.34. The molecule has 0 radical (unpaired) electrons. The first-order valence-corrected chi connectivity index (χ1v) is 8.22. The minimum Gasteiger partial charge on any atom is -0.459 e. The van der Waals surface area contributed by atoms with Crippen LogP contribution in [0.3, 0.4) is 0 Å². The van der Waals surface area contributed by atoms with E-state index in [0.717, 1.165) is 22.8 Å². The van der Waals surface area contributed by atoms with Gasteiger partial charge in [0.1, 0.15) is 17.3 Å². The summed E-state index contributed by atoms with van der Waals surface area (Å²) in [4.78, 5) is 4.32. The number of furan rings is 1. The molecule has 2 N–H and O–H groups in total. The summed E-state index contributed by atoms with van der Waals surface area (Å²) in [6.07, 6.45) is 0. The molecule has 1 aromatic carbocycles. The zero-order valence-electron chi connectivity index (χ0n) is 13.0. The molecule has 2 heterocycles. The Balaban J connectivity index is 1.56. The maximum absolute atomic E-state index is 5.96. The number of thiocarbonyl (C=S) groups is 1. The highest BCUT2D eigenvalue weighted by Gasteiger charge is 2.06. The van der Waals surface area contributed by atoms with Crippen LogP contribution in [0.15, 0.2) is 59.0 Å². The third-order valence-corrected chi connectivity index (χ3v) is 4.05. The summed E-state index contributed by atoms with van der Waals surface area (Å²) >= 11 is 11.2. The van der Waals surface area contributed by atoms with E-state index in [2.05, 4.69) is 15.6 Å². The van der Waals surface area contributed by atoms with E-state index in [4.69, 9.17) is 28.2 Å². The van der Waals surface area contributed by atoms with Gasteiger partial charge < -0.3 is 15.1 Å². The van der Waals surface area contributed by atoms with Crippen molar-refractivity contribution in [2.75, 3.05) is 5.32 Å². The number of nitrogens with zero attached hydrogens (tertiary/aromatic N) is 1. The van der Waals surface area contributed by atoms with Gasteiger partial charge in [0.15, 0.2) is 5.11 Å². The lowest BCUT2D eigenvalue weighted by Crippen LogP contribution is -2.28. The number of pyridine rings is 1. The number of benzene rings is 1. The number of nitrogens with one attached hydrogen (secondary N) is 2. The van der Waals surface area contributed by atoms with Gasteiger partial charge in [-0.2, -0.15) is 0 Å². The highest BCUT2D eigenvalue weighted by Crippen LogP contribution is 2.21. The third-order valence-electron chi connectivity index (χ3n) is 3.41. The molecule has 0 amide bonds. The van der Waals surface area contributed by atoms with Crippen LogP contribution in [0.5, 0.6) is 0 Å². The fourth-order valence-electron chi connectivity index (χ4n) is 2.17. The molecule has 0 aliphatic heterocycles. The summed E-state index contributed by atoms with van der Waals surface area (Å²) in [5.74, 6) is 2.29. The molecule has 0 saturated carbocycles. The summed E-state index contributed by atoms with van der Waals surface area (Å²) in [7, 11) is 0. The molecule has 122 valence electrons. The topological polar surface area (TPSA) is 50.1 Å². The SMILES string of the molecule is Cc1nc(NC(=S)NCc2ccc(-c3ccccc3)o2)ccc1Cl. The van der Waals surface area contributed by atoms with Crippen molar-refractivity contribution in [1.82, 2.24) is 10.3 Å². The fraction of sp³-hybridized carbons (Fsp3) is 0.111. The zero-order chi connectivity index (χ0) is 16.9. The van der Waals surface area contributed by atoms with E-state index in [1.807, 2.05) is 49.4 Å². The molecular formula is C18H16ClN3OS. The maximum Gasteiger partial charge on any atom is 0.172 e. The normalized spacial score (nSPS) is 10.4. The monoisotopic (exact) mass is 357 g/mol.